The summed E-state index contributed by atoms with van der Waals surface area (Å²) >= 11 is 0. The Labute approximate surface area is 383 Å². The Morgan fingerprint density at radius 3 is 1.03 bits per heavy atom. The van der Waals surface area contributed by atoms with E-state index >= 15 is 0 Å². The minimum Gasteiger partial charge on any atom is -0.545 e. The summed E-state index contributed by atoms with van der Waals surface area (Å²) < 4.78 is 22.6. The van der Waals surface area contributed by atoms with Crippen LogP contribution < -0.4 is 5.11 Å². The van der Waals surface area contributed by atoms with Crippen molar-refractivity contribution in [3.8, 4) is 0 Å². The van der Waals surface area contributed by atoms with Crippen molar-refractivity contribution in [2.75, 3.05) is 47.5 Å². The van der Waals surface area contributed by atoms with Gasteiger partial charge >= 0.3 is 11.9 Å². The molecule has 9 nitrogen and oxygen atoms in total. The van der Waals surface area contributed by atoms with Gasteiger partial charge in [0.2, 0.25) is 0 Å². The van der Waals surface area contributed by atoms with Crippen molar-refractivity contribution in [2.45, 2.75) is 277 Å². The van der Waals surface area contributed by atoms with Gasteiger partial charge in [-0.1, -0.05) is 239 Å². The molecule has 0 saturated carbocycles. The lowest BCUT2D eigenvalue weighted by molar-refractivity contribution is -0.870. The fourth-order valence-corrected chi connectivity index (χ4v) is 7.95. The fraction of sp³-hybridized carbons (Fsp3) is 0.943. The highest BCUT2D eigenvalue weighted by molar-refractivity contribution is 5.70. The van der Waals surface area contributed by atoms with Gasteiger partial charge in [-0.25, -0.2) is 0 Å². The zero-order valence-electron chi connectivity index (χ0n) is 41.8. The summed E-state index contributed by atoms with van der Waals surface area (Å²) in [5.74, 6) is -2.26. The maximum absolute atomic E-state index is 12.8. The largest absolute Gasteiger partial charge is 0.545 e. The van der Waals surface area contributed by atoms with E-state index in [1.54, 1.807) is 0 Å². The van der Waals surface area contributed by atoms with Crippen molar-refractivity contribution in [2.24, 2.45) is 0 Å². The van der Waals surface area contributed by atoms with Crippen LogP contribution in [-0.2, 0) is 33.3 Å². The predicted molar refractivity (Wildman–Crippen MR) is 256 cm³/mol. The summed E-state index contributed by atoms with van der Waals surface area (Å²) in [6, 6.07) is 0. The van der Waals surface area contributed by atoms with Gasteiger partial charge in [0, 0.05) is 12.8 Å². The van der Waals surface area contributed by atoms with Crippen LogP contribution in [0.2, 0.25) is 0 Å². The van der Waals surface area contributed by atoms with Crippen molar-refractivity contribution in [3.05, 3.63) is 0 Å². The number of carbonyl (C=O) groups excluding carboxylic acids is 3. The second-order valence-corrected chi connectivity index (χ2v) is 19.5. The predicted octanol–water partition coefficient (Wildman–Crippen LogP) is 13.5. The third-order valence-electron chi connectivity index (χ3n) is 12.1. The molecule has 0 radical (unpaired) electrons. The number of ether oxygens (including phenoxy) is 4. The fourth-order valence-electron chi connectivity index (χ4n) is 7.95. The van der Waals surface area contributed by atoms with Crippen molar-refractivity contribution < 1.29 is 42.9 Å². The van der Waals surface area contributed by atoms with Gasteiger partial charge in [-0.3, -0.25) is 9.59 Å². The van der Waals surface area contributed by atoms with Crippen LogP contribution in [0.5, 0.6) is 0 Å². The molecule has 0 aliphatic heterocycles. The third kappa shape index (κ3) is 46.3. The minimum absolute atomic E-state index is 0.153. The first-order valence-corrected chi connectivity index (χ1v) is 26.7. The summed E-state index contributed by atoms with van der Waals surface area (Å²) in [5, 5.41) is 11.7. The molecule has 0 aromatic rings. The second kappa shape index (κ2) is 45.8. The summed E-state index contributed by atoms with van der Waals surface area (Å²) in [6.07, 6.45) is 45.7. The normalized spacial score (nSPS) is 12.7. The van der Waals surface area contributed by atoms with Crippen LogP contribution in [0.1, 0.15) is 264 Å². The van der Waals surface area contributed by atoms with Crippen LogP contribution in [0.4, 0.5) is 0 Å². The number of nitrogens with zero attached hydrogens (tertiary/aromatic N) is 1. The first-order valence-electron chi connectivity index (χ1n) is 26.7. The molecule has 62 heavy (non-hydrogen) atoms. The molecule has 0 spiro atoms. The number of hydrogen-bond acceptors (Lipinski definition) is 8. The Morgan fingerprint density at radius 1 is 0.419 bits per heavy atom. The number of hydrogen-bond donors (Lipinski definition) is 0. The summed E-state index contributed by atoms with van der Waals surface area (Å²) in [7, 11) is 5.93. The van der Waals surface area contributed by atoms with E-state index in [0.29, 0.717) is 17.4 Å². The molecule has 0 aromatic carbocycles. The minimum atomic E-state index is -1.61. The number of aliphatic carboxylic acids is 1. The molecule has 0 rings (SSSR count). The van der Waals surface area contributed by atoms with Gasteiger partial charge in [-0.2, -0.15) is 0 Å². The molecule has 0 fully saturated rings. The van der Waals surface area contributed by atoms with Crippen LogP contribution in [0.25, 0.3) is 0 Å². The van der Waals surface area contributed by atoms with Crippen LogP contribution in [0.3, 0.4) is 0 Å². The Morgan fingerprint density at radius 2 is 0.726 bits per heavy atom. The van der Waals surface area contributed by atoms with Crippen molar-refractivity contribution >= 4 is 17.9 Å². The van der Waals surface area contributed by atoms with Crippen LogP contribution in [-0.4, -0.2) is 82.3 Å². The van der Waals surface area contributed by atoms with E-state index in [1.807, 2.05) is 21.1 Å². The zero-order valence-corrected chi connectivity index (χ0v) is 41.8. The Balaban J connectivity index is 4.19. The molecule has 0 amide bonds. The van der Waals surface area contributed by atoms with Crippen LogP contribution in [0.15, 0.2) is 0 Å². The Kier molecular flexibility index (Phi) is 44.6. The maximum atomic E-state index is 12.8. The summed E-state index contributed by atoms with van der Waals surface area (Å²) in [6.45, 7) is 4.79. The molecule has 0 saturated heterocycles. The number of quaternary nitrogens is 1. The van der Waals surface area contributed by atoms with Crippen molar-refractivity contribution in [1.82, 2.24) is 0 Å². The number of esters is 2. The van der Waals surface area contributed by atoms with Gasteiger partial charge in [0.1, 0.15) is 13.2 Å². The molecule has 0 bridgehead atoms. The standard InChI is InChI=1S/C53H103NO8/c1-6-8-10-12-14-16-18-20-21-22-23-24-25-26-27-28-29-30-32-34-36-38-40-42-44-51(56)62-49(48-61-53(52(57)58)59-46-45-54(3,4)5)47-60-50(55)43-41-39-37-35-33-31-19-17-15-13-11-9-7-2/h49,53H,6-48H2,1-5H3. The highest BCUT2D eigenvalue weighted by atomic mass is 16.7. The zero-order chi connectivity index (χ0) is 45.6. The first-order chi connectivity index (χ1) is 30.1. The lowest BCUT2D eigenvalue weighted by atomic mass is 10.0. The topological polar surface area (TPSA) is 111 Å². The van der Waals surface area contributed by atoms with E-state index in [2.05, 4.69) is 13.8 Å². The Bertz CT molecular complexity index is 985. The molecule has 0 aliphatic carbocycles. The number of carboxylic acids is 1. The average molecular weight is 882 g/mol. The SMILES string of the molecule is CCCCCCCCCCCCCCCCCCCCCCCCCCC(=O)OC(COC(=O)CCCCCCCCCCCCCCC)COC(OCC[N+](C)(C)C)C(=O)[O-]. The summed E-state index contributed by atoms with van der Waals surface area (Å²) in [5.41, 5.74) is 0. The molecule has 0 N–H and O–H groups in total. The highest BCUT2D eigenvalue weighted by Crippen LogP contribution is 2.17. The van der Waals surface area contributed by atoms with Crippen molar-refractivity contribution in [1.29, 1.82) is 0 Å². The lowest BCUT2D eigenvalue weighted by Crippen LogP contribution is -2.44. The van der Waals surface area contributed by atoms with E-state index in [-0.39, 0.29) is 32.2 Å². The number of likely N-dealkylation sites (N-methyl/N-ethyl adjacent to an activating group) is 1. The Hall–Kier alpha value is -1.71. The van der Waals surface area contributed by atoms with E-state index in [4.69, 9.17) is 18.9 Å². The highest BCUT2D eigenvalue weighted by Gasteiger charge is 2.22. The van der Waals surface area contributed by atoms with Crippen molar-refractivity contribution in [3.63, 3.8) is 0 Å². The number of unbranched alkanes of at least 4 members (excludes halogenated alkanes) is 35. The van der Waals surface area contributed by atoms with Gasteiger partial charge < -0.3 is 33.3 Å². The van der Waals surface area contributed by atoms with Crippen LogP contribution in [0, 0.1) is 0 Å². The number of rotatable bonds is 50. The van der Waals surface area contributed by atoms with E-state index in [1.165, 1.54) is 199 Å². The van der Waals surface area contributed by atoms with Gasteiger partial charge in [0.15, 0.2) is 12.4 Å². The van der Waals surface area contributed by atoms with E-state index in [9.17, 15) is 19.5 Å². The average Bonchev–Trinajstić information content (AvgIpc) is 3.23. The third-order valence-corrected chi connectivity index (χ3v) is 12.1. The molecule has 0 aliphatic rings. The summed E-state index contributed by atoms with van der Waals surface area (Å²) in [4.78, 5) is 37.1. The smallest absolute Gasteiger partial charge is 0.306 e. The van der Waals surface area contributed by atoms with E-state index < -0.39 is 24.3 Å². The van der Waals surface area contributed by atoms with Crippen LogP contribution >= 0.6 is 0 Å². The molecule has 0 heterocycles. The maximum Gasteiger partial charge on any atom is 0.306 e. The number of carbonyl (C=O) groups is 3. The van der Waals surface area contributed by atoms with Gasteiger partial charge in [0.25, 0.3) is 0 Å². The quantitative estimate of drug-likeness (QED) is 0.0257. The number of carboxylic acid groups (broad SMARTS) is 1. The van der Waals surface area contributed by atoms with Gasteiger partial charge in [-0.05, 0) is 12.8 Å². The molecular weight excluding hydrogens is 779 g/mol. The molecule has 2 unspecified atom stereocenters. The molecule has 368 valence electrons. The molecule has 2 atom stereocenters. The molecule has 9 heteroatoms. The van der Waals surface area contributed by atoms with E-state index in [0.717, 1.165) is 38.5 Å². The van der Waals surface area contributed by atoms with Gasteiger partial charge in [-0.15, -0.1) is 0 Å². The second-order valence-electron chi connectivity index (χ2n) is 19.5. The van der Waals surface area contributed by atoms with Gasteiger partial charge in [0.05, 0.1) is 40.3 Å². The molecule has 0 aromatic heterocycles. The lowest BCUT2D eigenvalue weighted by Gasteiger charge is -2.26. The monoisotopic (exact) mass is 882 g/mol. The molecular formula is C53H103NO8. The first kappa shape index (κ1) is 60.3.